The Morgan fingerprint density at radius 3 is 2.47 bits per heavy atom. The molecule has 2 atom stereocenters. The lowest BCUT2D eigenvalue weighted by atomic mass is 10.1. The Balaban J connectivity index is 2.37. The molecule has 3 heteroatoms. The highest BCUT2D eigenvalue weighted by Gasteiger charge is 2.08. The van der Waals surface area contributed by atoms with Crippen molar-refractivity contribution in [3.8, 4) is 0 Å². The van der Waals surface area contributed by atoms with E-state index in [2.05, 4.69) is 38.2 Å². The van der Waals surface area contributed by atoms with E-state index in [4.69, 9.17) is 11.6 Å². The van der Waals surface area contributed by atoms with Crippen LogP contribution in [-0.4, -0.2) is 17.5 Å². The number of rotatable bonds is 7. The van der Waals surface area contributed by atoms with Crippen molar-refractivity contribution in [3.63, 3.8) is 0 Å². The van der Waals surface area contributed by atoms with Crippen molar-refractivity contribution in [2.75, 3.05) is 11.5 Å². The molecule has 0 radical (unpaired) electrons. The maximum atomic E-state index is 5.88. The first-order valence-electron chi connectivity index (χ1n) is 6.22. The molecule has 0 amide bonds. The molecular formula is C14H22ClNS. The van der Waals surface area contributed by atoms with Gasteiger partial charge in [0, 0.05) is 17.1 Å². The Hall–Kier alpha value is -0.180. The van der Waals surface area contributed by atoms with E-state index in [-0.39, 0.29) is 0 Å². The highest BCUT2D eigenvalue weighted by molar-refractivity contribution is 7.99. The summed E-state index contributed by atoms with van der Waals surface area (Å²) in [4.78, 5) is 0. The largest absolute Gasteiger partial charge is 0.308 e. The molecule has 0 fully saturated rings. The van der Waals surface area contributed by atoms with Gasteiger partial charge in [-0.3, -0.25) is 0 Å². The normalized spacial score (nSPS) is 14.6. The minimum absolute atomic E-state index is 0.383. The van der Waals surface area contributed by atoms with E-state index in [1.807, 2.05) is 23.9 Å². The summed E-state index contributed by atoms with van der Waals surface area (Å²) in [5.41, 5.74) is 1.30. The van der Waals surface area contributed by atoms with E-state index in [0.29, 0.717) is 12.1 Å². The molecule has 0 aromatic heterocycles. The predicted octanol–water partition coefficient (Wildman–Crippen LogP) is 4.52. The van der Waals surface area contributed by atoms with Gasteiger partial charge in [0.2, 0.25) is 0 Å². The van der Waals surface area contributed by atoms with Crippen molar-refractivity contribution in [1.82, 2.24) is 5.32 Å². The van der Waals surface area contributed by atoms with Gasteiger partial charge in [-0.2, -0.15) is 11.8 Å². The molecule has 0 bridgehead atoms. The first-order valence-corrected chi connectivity index (χ1v) is 7.76. The Kier molecular flexibility index (Phi) is 7.02. The number of nitrogens with one attached hydrogen (secondary N) is 1. The lowest BCUT2D eigenvalue weighted by molar-refractivity contribution is 0.471. The van der Waals surface area contributed by atoms with Crippen LogP contribution in [0.3, 0.4) is 0 Å². The van der Waals surface area contributed by atoms with Crippen LogP contribution in [0.25, 0.3) is 0 Å². The average Bonchev–Trinajstić information content (AvgIpc) is 2.30. The smallest absolute Gasteiger partial charge is 0.0406 e. The molecule has 0 saturated heterocycles. The SMILES string of the molecule is CCSCCC(C)NC(C)c1ccc(Cl)cc1. The standard InChI is InChI=1S/C14H22ClNS/c1-4-17-10-9-11(2)16-12(3)13-5-7-14(15)8-6-13/h5-8,11-12,16H,4,9-10H2,1-3H3. The van der Waals surface area contributed by atoms with Crippen LogP contribution in [0.2, 0.25) is 5.02 Å². The first kappa shape index (κ1) is 14.9. The average molecular weight is 272 g/mol. The lowest BCUT2D eigenvalue weighted by Crippen LogP contribution is -2.29. The zero-order valence-electron chi connectivity index (χ0n) is 10.9. The highest BCUT2D eigenvalue weighted by Crippen LogP contribution is 2.17. The molecule has 96 valence electrons. The van der Waals surface area contributed by atoms with E-state index >= 15 is 0 Å². The Bertz CT molecular complexity index is 313. The van der Waals surface area contributed by atoms with Gasteiger partial charge in [-0.1, -0.05) is 30.7 Å². The lowest BCUT2D eigenvalue weighted by Gasteiger charge is -2.20. The minimum atomic E-state index is 0.383. The number of hydrogen-bond acceptors (Lipinski definition) is 2. The molecule has 17 heavy (non-hydrogen) atoms. The summed E-state index contributed by atoms with van der Waals surface area (Å²) < 4.78 is 0. The van der Waals surface area contributed by atoms with Crippen LogP contribution in [0.15, 0.2) is 24.3 Å². The summed E-state index contributed by atoms with van der Waals surface area (Å²) >= 11 is 7.89. The van der Waals surface area contributed by atoms with Crippen LogP contribution < -0.4 is 5.32 Å². The maximum Gasteiger partial charge on any atom is 0.0406 e. The molecule has 0 spiro atoms. The first-order chi connectivity index (χ1) is 8.13. The van der Waals surface area contributed by atoms with Crippen molar-refractivity contribution < 1.29 is 0 Å². The molecular weight excluding hydrogens is 250 g/mol. The van der Waals surface area contributed by atoms with Crippen molar-refractivity contribution in [2.24, 2.45) is 0 Å². The van der Waals surface area contributed by atoms with Gasteiger partial charge >= 0.3 is 0 Å². The molecule has 0 aliphatic heterocycles. The van der Waals surface area contributed by atoms with Gasteiger partial charge in [0.05, 0.1) is 0 Å². The molecule has 0 heterocycles. The number of benzene rings is 1. The monoisotopic (exact) mass is 271 g/mol. The molecule has 1 aromatic carbocycles. The Morgan fingerprint density at radius 2 is 1.88 bits per heavy atom. The van der Waals surface area contributed by atoms with Gasteiger partial charge in [0.25, 0.3) is 0 Å². The third-order valence-corrected chi connectivity index (χ3v) is 3.99. The fourth-order valence-electron chi connectivity index (χ4n) is 1.76. The third kappa shape index (κ3) is 5.80. The minimum Gasteiger partial charge on any atom is -0.308 e. The van der Waals surface area contributed by atoms with Crippen LogP contribution in [0.5, 0.6) is 0 Å². The van der Waals surface area contributed by atoms with E-state index in [1.54, 1.807) is 0 Å². The highest BCUT2D eigenvalue weighted by atomic mass is 35.5. The second-order valence-electron chi connectivity index (χ2n) is 4.33. The van der Waals surface area contributed by atoms with Crippen LogP contribution in [-0.2, 0) is 0 Å². The summed E-state index contributed by atoms with van der Waals surface area (Å²) in [5.74, 6) is 2.44. The van der Waals surface area contributed by atoms with E-state index in [1.165, 1.54) is 23.5 Å². The molecule has 1 N–H and O–H groups in total. The second-order valence-corrected chi connectivity index (χ2v) is 6.16. The molecule has 1 aromatic rings. The maximum absolute atomic E-state index is 5.88. The molecule has 1 nitrogen and oxygen atoms in total. The quantitative estimate of drug-likeness (QED) is 0.732. The zero-order chi connectivity index (χ0) is 12.7. The van der Waals surface area contributed by atoms with Gasteiger partial charge in [-0.15, -0.1) is 0 Å². The van der Waals surface area contributed by atoms with Crippen molar-refractivity contribution in [3.05, 3.63) is 34.9 Å². The second kappa shape index (κ2) is 8.02. The van der Waals surface area contributed by atoms with E-state index < -0.39 is 0 Å². The number of halogens is 1. The molecule has 2 unspecified atom stereocenters. The van der Waals surface area contributed by atoms with Crippen LogP contribution in [0.1, 0.15) is 38.8 Å². The van der Waals surface area contributed by atoms with Crippen LogP contribution in [0.4, 0.5) is 0 Å². The molecule has 0 aliphatic carbocycles. The summed E-state index contributed by atoms with van der Waals surface area (Å²) in [6.07, 6.45) is 1.22. The van der Waals surface area contributed by atoms with Gasteiger partial charge < -0.3 is 5.32 Å². The van der Waals surface area contributed by atoms with Crippen molar-refractivity contribution in [2.45, 2.75) is 39.3 Å². The molecule has 0 saturated carbocycles. The summed E-state index contributed by atoms with van der Waals surface area (Å²) in [5, 5.41) is 4.42. The van der Waals surface area contributed by atoms with Crippen molar-refractivity contribution >= 4 is 23.4 Å². The van der Waals surface area contributed by atoms with Gasteiger partial charge in [0.1, 0.15) is 0 Å². The van der Waals surface area contributed by atoms with E-state index in [0.717, 1.165) is 5.02 Å². The predicted molar refractivity (Wildman–Crippen MR) is 80.1 cm³/mol. The summed E-state index contributed by atoms with van der Waals surface area (Å²) in [6, 6.07) is 9.02. The Morgan fingerprint density at radius 1 is 1.24 bits per heavy atom. The number of thioether (sulfide) groups is 1. The van der Waals surface area contributed by atoms with Gasteiger partial charge in [-0.25, -0.2) is 0 Å². The Labute approximate surface area is 114 Å². The molecule has 1 rings (SSSR count). The fraction of sp³-hybridized carbons (Fsp3) is 0.571. The van der Waals surface area contributed by atoms with Gasteiger partial charge in [-0.05, 0) is 49.5 Å². The van der Waals surface area contributed by atoms with Crippen LogP contribution in [0, 0.1) is 0 Å². The van der Waals surface area contributed by atoms with Crippen LogP contribution >= 0.6 is 23.4 Å². The van der Waals surface area contributed by atoms with E-state index in [9.17, 15) is 0 Å². The third-order valence-electron chi connectivity index (χ3n) is 2.80. The van der Waals surface area contributed by atoms with Crippen molar-refractivity contribution in [1.29, 1.82) is 0 Å². The van der Waals surface area contributed by atoms with Gasteiger partial charge in [0.15, 0.2) is 0 Å². The molecule has 0 aliphatic rings. The topological polar surface area (TPSA) is 12.0 Å². The summed E-state index contributed by atoms with van der Waals surface area (Å²) in [6.45, 7) is 6.66. The number of hydrogen-bond donors (Lipinski definition) is 1. The summed E-state index contributed by atoms with van der Waals surface area (Å²) in [7, 11) is 0. The fourth-order valence-corrected chi connectivity index (χ4v) is 2.70. The zero-order valence-corrected chi connectivity index (χ0v) is 12.4.